The van der Waals surface area contributed by atoms with Gasteiger partial charge in [-0.3, -0.25) is 4.40 Å². The van der Waals surface area contributed by atoms with Gasteiger partial charge in [-0.2, -0.15) is 0 Å². The summed E-state index contributed by atoms with van der Waals surface area (Å²) in [4.78, 5) is 10.6. The number of pyridine rings is 2. The van der Waals surface area contributed by atoms with Crippen molar-refractivity contribution in [2.45, 2.75) is 13.8 Å². The number of para-hydroxylation sites is 2. The van der Waals surface area contributed by atoms with Gasteiger partial charge in [-0.25, -0.2) is 9.97 Å². The fraction of sp³-hybridized carbons (Fsp3) is 0.0400. The van der Waals surface area contributed by atoms with E-state index < -0.39 is 0 Å². The van der Waals surface area contributed by atoms with Crippen molar-refractivity contribution >= 4 is 27.6 Å². The number of fused-ring (bicyclic) bond motifs is 4. The predicted molar refractivity (Wildman–Crippen MR) is 224 cm³/mol. The number of nitrogens with zero attached hydrogens (tertiary/aromatic N) is 3. The lowest BCUT2D eigenvalue weighted by Crippen LogP contribution is -1.94. The zero-order chi connectivity index (χ0) is 37.0. The normalized spacial score (nSPS) is 11.5. The molecule has 0 atom stereocenters. The highest BCUT2D eigenvalue weighted by Gasteiger charge is 2.23. The zero-order valence-corrected chi connectivity index (χ0v) is 30.4. The van der Waals surface area contributed by atoms with E-state index in [0.717, 1.165) is 94.7 Å². The first-order valence-electron chi connectivity index (χ1n) is 18.5. The Morgan fingerprint density at radius 1 is 0.491 bits per heavy atom. The molecular weight excluding hydrogens is 675 g/mol. The Bertz CT molecular complexity index is 3080. The molecule has 0 aliphatic heterocycles. The Morgan fingerprint density at radius 3 is 1.98 bits per heavy atom. The van der Waals surface area contributed by atoms with Gasteiger partial charge in [-0.1, -0.05) is 126 Å². The topological polar surface area (TPSA) is 63.6 Å². The van der Waals surface area contributed by atoms with Gasteiger partial charge in [0.05, 0.1) is 22.8 Å². The molecule has 0 unspecified atom stereocenters. The summed E-state index contributed by atoms with van der Waals surface area (Å²) in [5, 5.41) is 13.9. The monoisotopic (exact) mass is 709 g/mol. The quantitative estimate of drug-likeness (QED) is 0.187. The summed E-state index contributed by atoms with van der Waals surface area (Å²) in [6, 6.07) is 55.8. The maximum atomic E-state index is 12.0. The molecule has 0 aliphatic rings. The number of aromatic nitrogens is 3. The summed E-state index contributed by atoms with van der Waals surface area (Å²) in [6.45, 7) is 4.16. The second kappa shape index (κ2) is 13.0. The lowest BCUT2D eigenvalue weighted by molar-refractivity contribution is 0.479. The predicted octanol–water partition coefficient (Wildman–Crippen LogP) is 13.0. The summed E-state index contributed by atoms with van der Waals surface area (Å²) in [5.41, 5.74) is 15.2. The van der Waals surface area contributed by atoms with Crippen LogP contribution in [0.25, 0.3) is 94.9 Å². The van der Waals surface area contributed by atoms with Crippen LogP contribution >= 0.6 is 0 Å². The smallest absolute Gasteiger partial charge is 0.144 e. The largest absolute Gasteiger partial charge is 0.507 e. The number of hydrogen-bond donors (Lipinski definition) is 1. The van der Waals surface area contributed by atoms with E-state index in [9.17, 15) is 5.11 Å². The Labute approximate surface area is 318 Å². The average Bonchev–Trinajstić information content (AvgIpc) is 3.80. The van der Waals surface area contributed by atoms with E-state index >= 15 is 0 Å². The molecule has 4 aromatic heterocycles. The van der Waals surface area contributed by atoms with Crippen molar-refractivity contribution in [1.82, 2.24) is 14.4 Å². The van der Waals surface area contributed by atoms with Crippen molar-refractivity contribution in [3.63, 3.8) is 0 Å². The molecule has 4 heterocycles. The van der Waals surface area contributed by atoms with Gasteiger partial charge in [0.2, 0.25) is 0 Å². The zero-order valence-electron chi connectivity index (χ0n) is 30.4. The van der Waals surface area contributed by atoms with Crippen molar-refractivity contribution in [3.05, 3.63) is 181 Å². The van der Waals surface area contributed by atoms with Crippen molar-refractivity contribution in [2.75, 3.05) is 0 Å². The van der Waals surface area contributed by atoms with Crippen LogP contribution in [0.15, 0.2) is 174 Å². The van der Waals surface area contributed by atoms with Gasteiger partial charge < -0.3 is 9.52 Å². The summed E-state index contributed by atoms with van der Waals surface area (Å²) >= 11 is 0. The molecule has 0 spiro atoms. The van der Waals surface area contributed by atoms with Crippen LogP contribution in [0.1, 0.15) is 11.1 Å². The van der Waals surface area contributed by atoms with E-state index in [2.05, 4.69) is 115 Å². The molecule has 10 aromatic rings. The molecule has 5 nitrogen and oxygen atoms in total. The number of rotatable bonds is 6. The molecule has 6 aromatic carbocycles. The number of benzene rings is 6. The molecule has 55 heavy (non-hydrogen) atoms. The Morgan fingerprint density at radius 2 is 1.16 bits per heavy atom. The van der Waals surface area contributed by atoms with Crippen molar-refractivity contribution in [1.29, 1.82) is 0 Å². The second-order valence-electron chi connectivity index (χ2n) is 14.2. The first-order valence-corrected chi connectivity index (χ1v) is 18.5. The molecule has 0 saturated carbocycles. The third-order valence-corrected chi connectivity index (χ3v) is 10.4. The van der Waals surface area contributed by atoms with Gasteiger partial charge in [0, 0.05) is 44.8 Å². The highest BCUT2D eigenvalue weighted by atomic mass is 16.3. The van der Waals surface area contributed by atoms with Gasteiger partial charge in [-0.15, -0.1) is 0 Å². The molecule has 0 bridgehead atoms. The van der Waals surface area contributed by atoms with Crippen LogP contribution < -0.4 is 0 Å². The van der Waals surface area contributed by atoms with E-state index in [-0.39, 0.29) is 5.75 Å². The summed E-state index contributed by atoms with van der Waals surface area (Å²) < 4.78 is 8.86. The highest BCUT2D eigenvalue weighted by molar-refractivity contribution is 6.11. The summed E-state index contributed by atoms with van der Waals surface area (Å²) in [6.07, 6.45) is 2.07. The summed E-state index contributed by atoms with van der Waals surface area (Å²) in [5.74, 6) is 0.188. The minimum atomic E-state index is 0.188. The van der Waals surface area contributed by atoms with Gasteiger partial charge in [0.15, 0.2) is 0 Å². The lowest BCUT2D eigenvalue weighted by Gasteiger charge is -2.15. The van der Waals surface area contributed by atoms with Gasteiger partial charge in [0.1, 0.15) is 22.6 Å². The van der Waals surface area contributed by atoms with Gasteiger partial charge >= 0.3 is 0 Å². The van der Waals surface area contributed by atoms with Crippen LogP contribution in [0.3, 0.4) is 0 Å². The lowest BCUT2D eigenvalue weighted by atomic mass is 9.94. The minimum absolute atomic E-state index is 0.188. The average molecular weight is 710 g/mol. The van der Waals surface area contributed by atoms with E-state index in [4.69, 9.17) is 14.4 Å². The van der Waals surface area contributed by atoms with Crippen LogP contribution in [0.2, 0.25) is 0 Å². The number of phenols is 1. The number of imidazole rings is 1. The molecule has 0 saturated heterocycles. The molecule has 0 amide bonds. The second-order valence-corrected chi connectivity index (χ2v) is 14.2. The third-order valence-electron chi connectivity index (χ3n) is 10.4. The highest BCUT2D eigenvalue weighted by Crippen LogP contribution is 2.44. The maximum Gasteiger partial charge on any atom is 0.144 e. The van der Waals surface area contributed by atoms with E-state index in [0.29, 0.717) is 11.3 Å². The molecule has 0 aliphatic carbocycles. The minimum Gasteiger partial charge on any atom is -0.507 e. The van der Waals surface area contributed by atoms with Crippen LogP contribution in [-0.2, 0) is 0 Å². The van der Waals surface area contributed by atoms with Crippen LogP contribution in [0, 0.1) is 13.8 Å². The van der Waals surface area contributed by atoms with E-state index in [1.54, 1.807) is 0 Å². The Hall–Kier alpha value is -7.24. The van der Waals surface area contributed by atoms with E-state index in [1.807, 2.05) is 72.8 Å². The number of phenolic OH excluding ortho intramolecular Hbond substituents is 1. The van der Waals surface area contributed by atoms with Crippen LogP contribution in [0.4, 0.5) is 0 Å². The van der Waals surface area contributed by atoms with Crippen molar-refractivity contribution < 1.29 is 9.52 Å². The standard InChI is InChI=1S/C50H35N3O2/c1-31-13-10-17-34(25-31)36-29-43(40-21-12-20-38(49(40)54)35-18-11-14-32(2)26-35)51-44(30-36)42-28-37(27-41-39-19-6-7-22-45(39)55-50(41)42)47-48(33-15-4-3-5-16-33)53-24-9-8-23-46(53)52-47/h3-30,54H,1-2H3. The molecule has 0 radical (unpaired) electrons. The SMILES string of the molecule is Cc1cccc(-c2cc(-c3cccc(-c4cccc(C)c4)c3O)nc(-c3cc(-c4nc5ccccn5c4-c4ccccc4)cc4c3oc3ccccc34)c2)c1. The fourth-order valence-corrected chi connectivity index (χ4v) is 7.82. The molecule has 1 N–H and O–H groups in total. The van der Waals surface area contributed by atoms with Gasteiger partial charge in [0.25, 0.3) is 0 Å². The summed E-state index contributed by atoms with van der Waals surface area (Å²) in [7, 11) is 0. The first-order chi connectivity index (χ1) is 27.0. The molecule has 5 heteroatoms. The number of hydrogen-bond acceptors (Lipinski definition) is 4. The Kier molecular flexibility index (Phi) is 7.67. The molecular formula is C50H35N3O2. The number of aromatic hydroxyl groups is 1. The van der Waals surface area contributed by atoms with Crippen LogP contribution in [0.5, 0.6) is 5.75 Å². The maximum absolute atomic E-state index is 12.0. The van der Waals surface area contributed by atoms with E-state index in [1.165, 1.54) is 0 Å². The molecule has 262 valence electrons. The van der Waals surface area contributed by atoms with Crippen molar-refractivity contribution in [2.24, 2.45) is 0 Å². The number of furan rings is 1. The third kappa shape index (κ3) is 5.65. The Balaban J connectivity index is 1.27. The fourth-order valence-electron chi connectivity index (χ4n) is 7.82. The van der Waals surface area contributed by atoms with Crippen LogP contribution in [-0.4, -0.2) is 19.5 Å². The number of aryl methyl sites for hydroxylation is 2. The molecule has 0 fully saturated rings. The van der Waals surface area contributed by atoms with Gasteiger partial charge in [-0.05, 0) is 79.1 Å². The first kappa shape index (κ1) is 32.4. The molecule has 10 rings (SSSR count). The van der Waals surface area contributed by atoms with Crippen molar-refractivity contribution in [3.8, 4) is 73.0 Å².